The largest absolute Gasteiger partial charge is 0.497 e. The lowest BCUT2D eigenvalue weighted by Crippen LogP contribution is -2.25. The van der Waals surface area contributed by atoms with Gasteiger partial charge in [0.2, 0.25) is 5.58 Å². The highest BCUT2D eigenvalue weighted by Crippen LogP contribution is 2.33. The van der Waals surface area contributed by atoms with Gasteiger partial charge in [0, 0.05) is 11.4 Å². The molecule has 0 aliphatic carbocycles. The van der Waals surface area contributed by atoms with Gasteiger partial charge >= 0.3 is 0 Å². The minimum absolute atomic E-state index is 0.226. The fraction of sp³-hybridized carbons (Fsp3) is 0.273. The van der Waals surface area contributed by atoms with Crippen molar-refractivity contribution in [3.8, 4) is 5.75 Å². The molecular weight excluding hydrogens is 354 g/mol. The molecule has 3 heterocycles. The van der Waals surface area contributed by atoms with Crippen molar-refractivity contribution >= 4 is 22.1 Å². The number of likely N-dealkylation sites (tertiary alicyclic amines) is 1. The van der Waals surface area contributed by atoms with Gasteiger partial charge in [0.05, 0.1) is 13.7 Å². The molecule has 6 nitrogen and oxygen atoms in total. The molecule has 0 bridgehead atoms. The van der Waals surface area contributed by atoms with E-state index in [0.29, 0.717) is 29.5 Å². The number of nitrogens with zero attached hydrogens (tertiary/aromatic N) is 2. The van der Waals surface area contributed by atoms with Crippen LogP contribution in [0.2, 0.25) is 0 Å². The van der Waals surface area contributed by atoms with Crippen molar-refractivity contribution in [2.24, 2.45) is 0 Å². The molecule has 1 N–H and O–H groups in total. The van der Waals surface area contributed by atoms with E-state index in [1.807, 2.05) is 36.4 Å². The van der Waals surface area contributed by atoms with Gasteiger partial charge in [-0.3, -0.25) is 9.69 Å². The molecule has 6 heteroatoms. The second kappa shape index (κ2) is 6.80. The molecule has 142 valence electrons. The Morgan fingerprint density at radius 2 is 2.04 bits per heavy atom. The molecule has 0 radical (unpaired) electrons. The highest BCUT2D eigenvalue weighted by Gasteiger charge is 2.27. The first-order chi connectivity index (χ1) is 13.7. The Hall–Kier alpha value is -3.12. The third-order valence-electron chi connectivity index (χ3n) is 5.50. The molecule has 1 saturated heterocycles. The molecule has 1 atom stereocenters. The van der Waals surface area contributed by atoms with E-state index in [1.54, 1.807) is 7.11 Å². The number of rotatable bonds is 4. The van der Waals surface area contributed by atoms with E-state index in [4.69, 9.17) is 14.1 Å². The van der Waals surface area contributed by atoms with Crippen LogP contribution in [0, 0.1) is 0 Å². The summed E-state index contributed by atoms with van der Waals surface area (Å²) in [5, 5.41) is 0.873. The highest BCUT2D eigenvalue weighted by atomic mass is 16.5. The average molecular weight is 375 g/mol. The number of ether oxygens (including phenoxy) is 1. The van der Waals surface area contributed by atoms with Crippen LogP contribution in [0.1, 0.15) is 30.3 Å². The van der Waals surface area contributed by atoms with Crippen molar-refractivity contribution in [2.45, 2.75) is 25.4 Å². The molecule has 1 aliphatic heterocycles. The van der Waals surface area contributed by atoms with Crippen molar-refractivity contribution in [3.05, 3.63) is 70.3 Å². The zero-order chi connectivity index (χ0) is 19.1. The van der Waals surface area contributed by atoms with Crippen LogP contribution < -0.4 is 10.3 Å². The number of H-pyrrole nitrogens is 1. The number of furan rings is 1. The number of aromatic nitrogens is 2. The first kappa shape index (κ1) is 17.0. The van der Waals surface area contributed by atoms with E-state index in [-0.39, 0.29) is 11.1 Å². The smallest absolute Gasteiger partial charge is 0.294 e. The highest BCUT2D eigenvalue weighted by molar-refractivity contribution is 6.01. The molecule has 2 aromatic heterocycles. The van der Waals surface area contributed by atoms with Gasteiger partial charge in [-0.15, -0.1) is 0 Å². The Morgan fingerprint density at radius 3 is 2.86 bits per heavy atom. The summed E-state index contributed by atoms with van der Waals surface area (Å²) < 4.78 is 11.0. The monoisotopic (exact) mass is 375 g/mol. The van der Waals surface area contributed by atoms with E-state index >= 15 is 0 Å². The quantitative estimate of drug-likeness (QED) is 0.583. The molecule has 0 spiro atoms. The summed E-state index contributed by atoms with van der Waals surface area (Å²) in [6, 6.07) is 16.2. The molecule has 1 fully saturated rings. The first-order valence-electron chi connectivity index (χ1n) is 9.51. The molecular formula is C22H21N3O3. The molecule has 28 heavy (non-hydrogen) atoms. The van der Waals surface area contributed by atoms with Crippen LogP contribution in [0.5, 0.6) is 5.75 Å². The standard InChI is InChI=1S/C22H21N3O3/c1-27-15-10-8-14(9-11-15)17-6-4-12-25(17)13-19-23-20-16-5-2-3-7-18(16)28-21(20)22(26)24-19/h2-3,5,7-11,17H,4,6,12-13H2,1H3,(H,23,24,26)/t17-/m1/s1. The van der Waals surface area contributed by atoms with E-state index < -0.39 is 0 Å². The maximum Gasteiger partial charge on any atom is 0.294 e. The Labute approximate surface area is 161 Å². The van der Waals surface area contributed by atoms with Crippen LogP contribution in [0.15, 0.2) is 57.7 Å². The van der Waals surface area contributed by atoms with E-state index in [1.165, 1.54) is 5.56 Å². The van der Waals surface area contributed by atoms with Crippen LogP contribution in [-0.2, 0) is 6.54 Å². The number of hydrogen-bond donors (Lipinski definition) is 1. The molecule has 2 aromatic carbocycles. The number of fused-ring (bicyclic) bond motifs is 3. The maximum absolute atomic E-state index is 12.5. The lowest BCUT2D eigenvalue weighted by atomic mass is 10.0. The van der Waals surface area contributed by atoms with E-state index in [9.17, 15) is 4.79 Å². The van der Waals surface area contributed by atoms with Crippen molar-refractivity contribution in [3.63, 3.8) is 0 Å². The summed E-state index contributed by atoms with van der Waals surface area (Å²) in [6.45, 7) is 1.58. The molecule has 5 rings (SSSR count). The number of para-hydroxylation sites is 1. The van der Waals surface area contributed by atoms with E-state index in [0.717, 1.165) is 30.5 Å². The lowest BCUT2D eigenvalue weighted by Gasteiger charge is -2.24. The molecule has 0 saturated carbocycles. The Bertz CT molecular complexity index is 1190. The normalized spacial score (nSPS) is 17.5. The summed E-state index contributed by atoms with van der Waals surface area (Å²) in [6.07, 6.45) is 2.21. The van der Waals surface area contributed by atoms with E-state index in [2.05, 4.69) is 22.0 Å². The number of benzene rings is 2. The zero-order valence-corrected chi connectivity index (χ0v) is 15.6. The number of nitrogens with one attached hydrogen (secondary N) is 1. The topological polar surface area (TPSA) is 71.4 Å². The number of hydrogen-bond acceptors (Lipinski definition) is 5. The first-order valence-corrected chi connectivity index (χ1v) is 9.51. The zero-order valence-electron chi connectivity index (χ0n) is 15.6. The van der Waals surface area contributed by atoms with Crippen LogP contribution in [0.25, 0.3) is 22.1 Å². The third kappa shape index (κ3) is 2.86. The number of methoxy groups -OCH3 is 1. The predicted molar refractivity (Wildman–Crippen MR) is 108 cm³/mol. The van der Waals surface area contributed by atoms with Crippen LogP contribution in [-0.4, -0.2) is 28.5 Å². The van der Waals surface area contributed by atoms with Gasteiger partial charge < -0.3 is 14.1 Å². The van der Waals surface area contributed by atoms with Gasteiger partial charge in [-0.05, 0) is 49.2 Å². The summed E-state index contributed by atoms with van der Waals surface area (Å²) in [5.41, 5.74) is 2.64. The lowest BCUT2D eigenvalue weighted by molar-refractivity contribution is 0.242. The SMILES string of the molecule is COc1ccc([C@H]2CCCN2Cc2nc3c(oc4ccccc43)c(=O)[nH]2)cc1. The van der Waals surface area contributed by atoms with Crippen LogP contribution in [0.4, 0.5) is 0 Å². The summed E-state index contributed by atoms with van der Waals surface area (Å²) in [7, 11) is 1.68. The van der Waals surface area contributed by atoms with Crippen molar-refractivity contribution in [1.29, 1.82) is 0 Å². The second-order valence-electron chi connectivity index (χ2n) is 7.19. The van der Waals surface area contributed by atoms with Crippen LogP contribution in [0.3, 0.4) is 0 Å². The van der Waals surface area contributed by atoms with Gasteiger partial charge in [0.25, 0.3) is 5.56 Å². The fourth-order valence-corrected chi connectivity index (χ4v) is 4.13. The summed E-state index contributed by atoms with van der Waals surface area (Å²) >= 11 is 0. The Balaban J connectivity index is 1.48. The van der Waals surface area contributed by atoms with Gasteiger partial charge in [-0.25, -0.2) is 4.98 Å². The minimum Gasteiger partial charge on any atom is -0.497 e. The molecule has 0 unspecified atom stereocenters. The fourth-order valence-electron chi connectivity index (χ4n) is 4.13. The maximum atomic E-state index is 12.5. The van der Waals surface area contributed by atoms with Crippen molar-refractivity contribution in [1.82, 2.24) is 14.9 Å². The second-order valence-corrected chi connectivity index (χ2v) is 7.19. The van der Waals surface area contributed by atoms with Crippen molar-refractivity contribution in [2.75, 3.05) is 13.7 Å². The molecule has 0 amide bonds. The third-order valence-corrected chi connectivity index (χ3v) is 5.50. The number of aromatic amines is 1. The molecule has 1 aliphatic rings. The summed E-state index contributed by atoms with van der Waals surface area (Å²) in [5.74, 6) is 1.53. The van der Waals surface area contributed by atoms with Gasteiger partial charge in [-0.2, -0.15) is 0 Å². The molecule has 4 aromatic rings. The minimum atomic E-state index is -0.226. The van der Waals surface area contributed by atoms with Crippen molar-refractivity contribution < 1.29 is 9.15 Å². The van der Waals surface area contributed by atoms with Crippen LogP contribution >= 0.6 is 0 Å². The van der Waals surface area contributed by atoms with Gasteiger partial charge in [0.1, 0.15) is 22.7 Å². The Kier molecular flexibility index (Phi) is 4.13. The average Bonchev–Trinajstić information content (AvgIpc) is 3.33. The Morgan fingerprint density at radius 1 is 1.21 bits per heavy atom. The predicted octanol–water partition coefficient (Wildman–Crippen LogP) is 4.02. The summed E-state index contributed by atoms with van der Waals surface area (Å²) in [4.78, 5) is 22.6. The van der Waals surface area contributed by atoms with Gasteiger partial charge in [-0.1, -0.05) is 24.3 Å². The van der Waals surface area contributed by atoms with Gasteiger partial charge in [0.15, 0.2) is 0 Å².